The second-order valence-electron chi connectivity index (χ2n) is 3.07. The Labute approximate surface area is 121 Å². The standard InChI is InChI=1S/C8H15NO3.K/c1-7(6-8(10)11)9-2-4-12-5-3-9;/h7H,2-6H2,1H3,(H,10,11);/q;+1/p-1. The third kappa shape index (κ3) is 5.46. The maximum Gasteiger partial charge on any atom is 1.00 e. The Morgan fingerprint density at radius 3 is 2.54 bits per heavy atom. The van der Waals surface area contributed by atoms with Crippen molar-refractivity contribution in [3.05, 3.63) is 0 Å². The first-order valence-electron chi connectivity index (χ1n) is 4.22. The van der Waals surface area contributed by atoms with Gasteiger partial charge in [0.1, 0.15) is 0 Å². The summed E-state index contributed by atoms with van der Waals surface area (Å²) in [6.45, 7) is 4.97. The predicted octanol–water partition coefficient (Wildman–Crippen LogP) is -4.15. The van der Waals surface area contributed by atoms with Gasteiger partial charge < -0.3 is 14.6 Å². The number of hydrogen-bond acceptors (Lipinski definition) is 4. The van der Waals surface area contributed by atoms with E-state index < -0.39 is 5.97 Å². The molecule has 1 saturated heterocycles. The molecular formula is C8H14KNO3. The quantitative estimate of drug-likeness (QED) is 0.445. The molecule has 1 fully saturated rings. The molecule has 4 nitrogen and oxygen atoms in total. The number of ether oxygens (including phenoxy) is 1. The van der Waals surface area contributed by atoms with E-state index in [1.165, 1.54) is 0 Å². The zero-order chi connectivity index (χ0) is 8.97. The molecule has 0 aliphatic carbocycles. The monoisotopic (exact) mass is 211 g/mol. The molecule has 0 aromatic carbocycles. The zero-order valence-electron chi connectivity index (χ0n) is 8.28. The number of rotatable bonds is 3. The topological polar surface area (TPSA) is 52.6 Å². The van der Waals surface area contributed by atoms with Crippen LogP contribution in [0.2, 0.25) is 0 Å². The minimum Gasteiger partial charge on any atom is -0.550 e. The molecule has 0 N–H and O–H groups in total. The third-order valence-corrected chi connectivity index (χ3v) is 2.13. The van der Waals surface area contributed by atoms with E-state index in [1.54, 1.807) is 0 Å². The molecule has 0 bridgehead atoms. The SMILES string of the molecule is CC(CC(=O)[O-])N1CCOCC1.[K+]. The predicted molar refractivity (Wildman–Crippen MR) is 41.5 cm³/mol. The van der Waals surface area contributed by atoms with E-state index in [2.05, 4.69) is 4.90 Å². The van der Waals surface area contributed by atoms with Gasteiger partial charge >= 0.3 is 51.4 Å². The summed E-state index contributed by atoms with van der Waals surface area (Å²) in [4.78, 5) is 12.4. The Bertz CT molecular complexity index is 159. The van der Waals surface area contributed by atoms with E-state index in [4.69, 9.17) is 4.74 Å². The first kappa shape index (κ1) is 14.0. The van der Waals surface area contributed by atoms with E-state index in [0.29, 0.717) is 13.2 Å². The van der Waals surface area contributed by atoms with Crippen LogP contribution < -0.4 is 56.5 Å². The molecular weight excluding hydrogens is 197 g/mol. The van der Waals surface area contributed by atoms with E-state index in [0.717, 1.165) is 13.1 Å². The number of carboxylic acids is 1. The molecule has 1 aliphatic heterocycles. The van der Waals surface area contributed by atoms with Crippen LogP contribution in [0.15, 0.2) is 0 Å². The van der Waals surface area contributed by atoms with Crippen LogP contribution in [-0.2, 0) is 9.53 Å². The molecule has 1 heterocycles. The van der Waals surface area contributed by atoms with E-state index >= 15 is 0 Å². The van der Waals surface area contributed by atoms with Crippen molar-refractivity contribution in [3.63, 3.8) is 0 Å². The van der Waals surface area contributed by atoms with Crippen LogP contribution in [0.3, 0.4) is 0 Å². The molecule has 0 radical (unpaired) electrons. The maximum absolute atomic E-state index is 10.3. The van der Waals surface area contributed by atoms with Gasteiger partial charge in [-0.15, -0.1) is 0 Å². The van der Waals surface area contributed by atoms with Crippen molar-refractivity contribution in [2.24, 2.45) is 0 Å². The number of carboxylic acid groups (broad SMARTS) is 1. The zero-order valence-corrected chi connectivity index (χ0v) is 11.4. The van der Waals surface area contributed by atoms with Gasteiger partial charge in [0.05, 0.1) is 13.2 Å². The summed E-state index contributed by atoms with van der Waals surface area (Å²) in [7, 11) is 0. The Balaban J connectivity index is 0.00000144. The summed E-state index contributed by atoms with van der Waals surface area (Å²) in [5, 5.41) is 10.3. The average molecular weight is 211 g/mol. The van der Waals surface area contributed by atoms with Crippen LogP contribution in [0.4, 0.5) is 0 Å². The molecule has 0 saturated carbocycles. The smallest absolute Gasteiger partial charge is 0.550 e. The van der Waals surface area contributed by atoms with Gasteiger partial charge in [-0.25, -0.2) is 0 Å². The van der Waals surface area contributed by atoms with Crippen molar-refractivity contribution in [1.82, 2.24) is 4.90 Å². The molecule has 1 aliphatic rings. The van der Waals surface area contributed by atoms with E-state index in [9.17, 15) is 9.90 Å². The minimum absolute atomic E-state index is 0. The van der Waals surface area contributed by atoms with Crippen LogP contribution in [0, 0.1) is 0 Å². The summed E-state index contributed by atoms with van der Waals surface area (Å²) >= 11 is 0. The van der Waals surface area contributed by atoms with Crippen molar-refractivity contribution in [2.75, 3.05) is 26.3 Å². The summed E-state index contributed by atoms with van der Waals surface area (Å²) in [5.74, 6) is -0.978. The van der Waals surface area contributed by atoms with Gasteiger partial charge in [0.25, 0.3) is 0 Å². The Kier molecular flexibility index (Phi) is 7.91. The van der Waals surface area contributed by atoms with Gasteiger partial charge in [-0.1, -0.05) is 0 Å². The molecule has 0 amide bonds. The molecule has 0 aromatic rings. The Morgan fingerprint density at radius 1 is 1.54 bits per heavy atom. The molecule has 1 rings (SSSR count). The Hall–Kier alpha value is 1.03. The molecule has 5 heteroatoms. The molecule has 70 valence electrons. The first-order valence-corrected chi connectivity index (χ1v) is 4.22. The van der Waals surface area contributed by atoms with Gasteiger partial charge in [-0.05, 0) is 6.92 Å². The van der Waals surface area contributed by atoms with Gasteiger partial charge in [-0.2, -0.15) is 0 Å². The number of nitrogens with zero attached hydrogens (tertiary/aromatic N) is 1. The summed E-state index contributed by atoms with van der Waals surface area (Å²) in [5.41, 5.74) is 0. The normalized spacial score (nSPS) is 20.4. The maximum atomic E-state index is 10.3. The van der Waals surface area contributed by atoms with Crippen LogP contribution in [-0.4, -0.2) is 43.2 Å². The fraction of sp³-hybridized carbons (Fsp3) is 0.875. The summed E-state index contributed by atoms with van der Waals surface area (Å²) in [6, 6.07) is 0.0684. The van der Waals surface area contributed by atoms with E-state index in [1.807, 2.05) is 6.92 Å². The second-order valence-corrected chi connectivity index (χ2v) is 3.07. The molecule has 0 aromatic heterocycles. The van der Waals surface area contributed by atoms with E-state index in [-0.39, 0.29) is 63.8 Å². The van der Waals surface area contributed by atoms with Gasteiger partial charge in [-0.3, -0.25) is 4.90 Å². The number of carbonyl (C=O) groups is 1. The fourth-order valence-corrected chi connectivity index (χ4v) is 1.39. The van der Waals surface area contributed by atoms with Crippen LogP contribution >= 0.6 is 0 Å². The molecule has 13 heavy (non-hydrogen) atoms. The number of morpholine rings is 1. The number of aliphatic carboxylic acids is 1. The number of carbonyl (C=O) groups excluding carboxylic acids is 1. The van der Waals surface area contributed by atoms with Crippen molar-refractivity contribution in [3.8, 4) is 0 Å². The molecule has 0 spiro atoms. The van der Waals surface area contributed by atoms with Gasteiger partial charge in [0.15, 0.2) is 0 Å². The minimum atomic E-state index is -0.978. The Morgan fingerprint density at radius 2 is 2.08 bits per heavy atom. The van der Waals surface area contributed by atoms with Gasteiger partial charge in [0, 0.05) is 31.5 Å². The van der Waals surface area contributed by atoms with Crippen molar-refractivity contribution in [1.29, 1.82) is 0 Å². The van der Waals surface area contributed by atoms with Crippen molar-refractivity contribution >= 4 is 5.97 Å². The van der Waals surface area contributed by atoms with Crippen LogP contribution in [0.1, 0.15) is 13.3 Å². The fourth-order valence-electron chi connectivity index (χ4n) is 1.39. The van der Waals surface area contributed by atoms with Crippen LogP contribution in [0.25, 0.3) is 0 Å². The molecule has 1 unspecified atom stereocenters. The summed E-state index contributed by atoms with van der Waals surface area (Å²) < 4.78 is 5.15. The third-order valence-electron chi connectivity index (χ3n) is 2.13. The second kappa shape index (κ2) is 7.34. The molecule has 1 atom stereocenters. The van der Waals surface area contributed by atoms with Gasteiger partial charge in [0.2, 0.25) is 0 Å². The van der Waals surface area contributed by atoms with Crippen LogP contribution in [0.5, 0.6) is 0 Å². The first-order chi connectivity index (χ1) is 5.70. The van der Waals surface area contributed by atoms with Crippen molar-refractivity contribution < 1.29 is 66.0 Å². The summed E-state index contributed by atoms with van der Waals surface area (Å²) in [6.07, 6.45) is 0.111. The van der Waals surface area contributed by atoms with Crippen molar-refractivity contribution in [2.45, 2.75) is 19.4 Å². The number of hydrogen-bond donors (Lipinski definition) is 0. The largest absolute Gasteiger partial charge is 1.00 e. The average Bonchev–Trinajstić information content (AvgIpc) is 2.05.